The van der Waals surface area contributed by atoms with Crippen molar-refractivity contribution in [1.82, 2.24) is 9.80 Å². The maximum atomic E-state index is 12.7. The number of benzene rings is 1. The van der Waals surface area contributed by atoms with Gasteiger partial charge in [0.2, 0.25) is 5.91 Å². The van der Waals surface area contributed by atoms with Crippen LogP contribution in [0, 0.1) is 0 Å². The van der Waals surface area contributed by atoms with Gasteiger partial charge in [-0.25, -0.2) is 0 Å². The second-order valence-corrected chi connectivity index (χ2v) is 6.82. The molecular formula is C20H31N3O2. The van der Waals surface area contributed by atoms with Crippen LogP contribution in [0.2, 0.25) is 0 Å². The van der Waals surface area contributed by atoms with E-state index in [1.54, 1.807) is 0 Å². The fourth-order valence-electron chi connectivity index (χ4n) is 3.51. The summed E-state index contributed by atoms with van der Waals surface area (Å²) in [7, 11) is 0. The fourth-order valence-corrected chi connectivity index (χ4v) is 3.51. The number of carbonyl (C=O) groups is 2. The van der Waals surface area contributed by atoms with E-state index in [9.17, 15) is 9.59 Å². The monoisotopic (exact) mass is 345 g/mol. The molecule has 1 saturated heterocycles. The Labute approximate surface area is 151 Å². The van der Waals surface area contributed by atoms with Gasteiger partial charge in [0.15, 0.2) is 0 Å². The molecule has 1 atom stereocenters. The molecular weight excluding hydrogens is 314 g/mol. The zero-order chi connectivity index (χ0) is 18.2. The summed E-state index contributed by atoms with van der Waals surface area (Å²) in [4.78, 5) is 29.1. The van der Waals surface area contributed by atoms with Crippen LogP contribution in [-0.2, 0) is 4.79 Å². The zero-order valence-corrected chi connectivity index (χ0v) is 15.5. The molecule has 5 heteroatoms. The van der Waals surface area contributed by atoms with Gasteiger partial charge in [0.25, 0.3) is 5.91 Å². The standard InChI is InChI=1S/C20H31N3O2/c1-3-8-18(21)20(25)23(13-4-2)17-11-14-22(15-12-17)19(24)16-9-6-5-7-10-16/h5-7,9-10,17-18H,3-4,8,11-15,21H2,1-2H3. The Balaban J connectivity index is 1.96. The van der Waals surface area contributed by atoms with E-state index in [4.69, 9.17) is 5.73 Å². The lowest BCUT2D eigenvalue weighted by molar-refractivity contribution is -0.136. The highest BCUT2D eigenvalue weighted by Crippen LogP contribution is 2.20. The first-order chi connectivity index (χ1) is 12.1. The first-order valence-electron chi connectivity index (χ1n) is 9.48. The molecule has 2 amide bonds. The van der Waals surface area contributed by atoms with Crippen LogP contribution in [0.5, 0.6) is 0 Å². The summed E-state index contributed by atoms with van der Waals surface area (Å²) in [6.45, 7) is 6.25. The molecule has 1 aliphatic rings. The second-order valence-electron chi connectivity index (χ2n) is 6.82. The van der Waals surface area contributed by atoms with Crippen LogP contribution in [0.25, 0.3) is 0 Å². The van der Waals surface area contributed by atoms with Crippen molar-refractivity contribution in [2.24, 2.45) is 5.73 Å². The maximum absolute atomic E-state index is 12.7. The Hall–Kier alpha value is -1.88. The SMILES string of the molecule is CCCC(N)C(=O)N(CCC)C1CCN(C(=O)c2ccccc2)CC1. The summed E-state index contributed by atoms with van der Waals surface area (Å²) in [5, 5.41) is 0. The summed E-state index contributed by atoms with van der Waals surface area (Å²) in [5.41, 5.74) is 6.79. The molecule has 1 aromatic rings. The van der Waals surface area contributed by atoms with Gasteiger partial charge in [-0.05, 0) is 37.8 Å². The highest BCUT2D eigenvalue weighted by molar-refractivity contribution is 5.94. The van der Waals surface area contributed by atoms with E-state index in [0.29, 0.717) is 13.1 Å². The van der Waals surface area contributed by atoms with Crippen molar-refractivity contribution in [3.05, 3.63) is 35.9 Å². The average molecular weight is 345 g/mol. The number of rotatable bonds is 7. The molecule has 0 aromatic heterocycles. The minimum absolute atomic E-state index is 0.0662. The molecule has 0 bridgehead atoms. The third kappa shape index (κ3) is 5.05. The molecule has 0 spiro atoms. The summed E-state index contributed by atoms with van der Waals surface area (Å²) in [6.07, 6.45) is 4.21. The van der Waals surface area contributed by atoms with E-state index in [1.807, 2.05) is 47.1 Å². The van der Waals surface area contributed by atoms with Crippen molar-refractivity contribution in [2.75, 3.05) is 19.6 Å². The third-order valence-electron chi connectivity index (χ3n) is 4.88. The Morgan fingerprint density at radius 2 is 1.80 bits per heavy atom. The summed E-state index contributed by atoms with van der Waals surface area (Å²) < 4.78 is 0. The van der Waals surface area contributed by atoms with Gasteiger partial charge >= 0.3 is 0 Å². The van der Waals surface area contributed by atoms with Crippen LogP contribution >= 0.6 is 0 Å². The quantitative estimate of drug-likeness (QED) is 0.826. The molecule has 0 radical (unpaired) electrons. The summed E-state index contributed by atoms with van der Waals surface area (Å²) >= 11 is 0. The first kappa shape index (κ1) is 19.4. The van der Waals surface area contributed by atoms with E-state index in [2.05, 4.69) is 6.92 Å². The van der Waals surface area contributed by atoms with Crippen molar-refractivity contribution < 1.29 is 9.59 Å². The van der Waals surface area contributed by atoms with Crippen LogP contribution in [0.15, 0.2) is 30.3 Å². The van der Waals surface area contributed by atoms with Gasteiger partial charge in [-0.1, -0.05) is 38.5 Å². The van der Waals surface area contributed by atoms with Crippen LogP contribution < -0.4 is 5.73 Å². The van der Waals surface area contributed by atoms with Crippen LogP contribution in [0.3, 0.4) is 0 Å². The molecule has 5 nitrogen and oxygen atoms in total. The number of likely N-dealkylation sites (tertiary alicyclic amines) is 1. The van der Waals surface area contributed by atoms with Gasteiger partial charge in [-0.2, -0.15) is 0 Å². The van der Waals surface area contributed by atoms with Gasteiger partial charge in [0.1, 0.15) is 0 Å². The van der Waals surface area contributed by atoms with E-state index >= 15 is 0 Å². The molecule has 1 aliphatic heterocycles. The van der Waals surface area contributed by atoms with Crippen LogP contribution in [0.4, 0.5) is 0 Å². The Bertz CT molecular complexity index is 553. The number of nitrogens with two attached hydrogens (primary N) is 1. The van der Waals surface area contributed by atoms with Gasteiger partial charge in [-0.15, -0.1) is 0 Å². The number of hydrogen-bond acceptors (Lipinski definition) is 3. The van der Waals surface area contributed by atoms with E-state index in [1.165, 1.54) is 0 Å². The lowest BCUT2D eigenvalue weighted by atomic mass is 10.00. The lowest BCUT2D eigenvalue weighted by Crippen LogP contribution is -2.53. The highest BCUT2D eigenvalue weighted by Gasteiger charge is 2.31. The van der Waals surface area contributed by atoms with Crippen molar-refractivity contribution >= 4 is 11.8 Å². The minimum Gasteiger partial charge on any atom is -0.338 e. The predicted molar refractivity (Wildman–Crippen MR) is 100 cm³/mol. The average Bonchev–Trinajstić information content (AvgIpc) is 2.66. The topological polar surface area (TPSA) is 66.6 Å². The summed E-state index contributed by atoms with van der Waals surface area (Å²) in [6, 6.07) is 9.18. The number of piperidine rings is 1. The predicted octanol–water partition coefficient (Wildman–Crippen LogP) is 2.66. The van der Waals surface area contributed by atoms with Crippen molar-refractivity contribution in [1.29, 1.82) is 0 Å². The lowest BCUT2D eigenvalue weighted by Gasteiger charge is -2.39. The molecule has 1 unspecified atom stereocenters. The van der Waals surface area contributed by atoms with Crippen molar-refractivity contribution in [3.8, 4) is 0 Å². The number of carbonyl (C=O) groups excluding carboxylic acids is 2. The normalized spacial score (nSPS) is 16.5. The van der Waals surface area contributed by atoms with Crippen LogP contribution in [-0.4, -0.2) is 53.3 Å². The van der Waals surface area contributed by atoms with E-state index in [-0.39, 0.29) is 17.9 Å². The molecule has 1 heterocycles. The minimum atomic E-state index is -0.402. The molecule has 0 aliphatic carbocycles. The van der Waals surface area contributed by atoms with Gasteiger partial charge in [-0.3, -0.25) is 9.59 Å². The number of nitrogens with zero attached hydrogens (tertiary/aromatic N) is 2. The molecule has 0 saturated carbocycles. The number of amides is 2. The largest absolute Gasteiger partial charge is 0.338 e. The van der Waals surface area contributed by atoms with Crippen molar-refractivity contribution in [2.45, 2.75) is 58.0 Å². The Morgan fingerprint density at radius 3 is 2.36 bits per heavy atom. The smallest absolute Gasteiger partial charge is 0.253 e. The molecule has 138 valence electrons. The zero-order valence-electron chi connectivity index (χ0n) is 15.5. The van der Waals surface area contributed by atoms with E-state index < -0.39 is 6.04 Å². The third-order valence-corrected chi connectivity index (χ3v) is 4.88. The maximum Gasteiger partial charge on any atom is 0.253 e. The molecule has 2 N–H and O–H groups in total. The molecule has 25 heavy (non-hydrogen) atoms. The Morgan fingerprint density at radius 1 is 1.16 bits per heavy atom. The summed E-state index contributed by atoms with van der Waals surface area (Å²) in [5.74, 6) is 0.145. The molecule has 1 fully saturated rings. The fraction of sp³-hybridized carbons (Fsp3) is 0.600. The van der Waals surface area contributed by atoms with Gasteiger partial charge < -0.3 is 15.5 Å². The van der Waals surface area contributed by atoms with Gasteiger partial charge in [0, 0.05) is 31.2 Å². The highest BCUT2D eigenvalue weighted by atomic mass is 16.2. The molecule has 2 rings (SSSR count). The van der Waals surface area contributed by atoms with Crippen molar-refractivity contribution in [3.63, 3.8) is 0 Å². The van der Waals surface area contributed by atoms with E-state index in [0.717, 1.165) is 44.2 Å². The second kappa shape index (κ2) is 9.56. The molecule has 1 aromatic carbocycles. The Kier molecular flexibility index (Phi) is 7.44. The van der Waals surface area contributed by atoms with Crippen LogP contribution in [0.1, 0.15) is 56.3 Å². The first-order valence-corrected chi connectivity index (χ1v) is 9.48. The van der Waals surface area contributed by atoms with Gasteiger partial charge in [0.05, 0.1) is 6.04 Å². The number of hydrogen-bond donors (Lipinski definition) is 1.